The van der Waals surface area contributed by atoms with Crippen LogP contribution in [0.5, 0.6) is 5.75 Å². The van der Waals surface area contributed by atoms with E-state index in [-0.39, 0.29) is 11.0 Å². The van der Waals surface area contributed by atoms with E-state index in [2.05, 4.69) is 4.98 Å². The topological polar surface area (TPSA) is 68.4 Å². The molecular weight excluding hydrogens is 252 g/mol. The highest BCUT2D eigenvalue weighted by Crippen LogP contribution is 2.49. The lowest BCUT2D eigenvalue weighted by Gasteiger charge is -2.46. The molecule has 2 fully saturated rings. The molecule has 4 heteroatoms. The minimum atomic E-state index is -0.0317. The largest absolute Gasteiger partial charge is 0.508 e. The summed E-state index contributed by atoms with van der Waals surface area (Å²) >= 11 is 0. The van der Waals surface area contributed by atoms with Crippen LogP contribution >= 0.6 is 0 Å². The fourth-order valence-electron chi connectivity index (χ4n) is 4.11. The molecule has 20 heavy (non-hydrogen) atoms. The van der Waals surface area contributed by atoms with E-state index < -0.39 is 0 Å². The lowest BCUT2D eigenvalue weighted by atomic mass is 9.68. The van der Waals surface area contributed by atoms with Crippen molar-refractivity contribution in [3.8, 4) is 5.75 Å². The quantitative estimate of drug-likeness (QED) is 0.890. The number of aromatic nitrogens is 1. The average Bonchev–Trinajstić information content (AvgIpc) is 2.87. The minimum absolute atomic E-state index is 0.0283. The molecule has 1 unspecified atom stereocenters. The van der Waals surface area contributed by atoms with Gasteiger partial charge in [-0.3, -0.25) is 4.98 Å². The molecule has 4 nitrogen and oxygen atoms in total. The number of hydrogen-bond donors (Lipinski definition) is 2. The third-order valence-electron chi connectivity index (χ3n) is 5.07. The van der Waals surface area contributed by atoms with Crippen molar-refractivity contribution in [3.05, 3.63) is 24.0 Å². The van der Waals surface area contributed by atoms with E-state index in [4.69, 9.17) is 10.5 Å². The van der Waals surface area contributed by atoms with Crippen molar-refractivity contribution in [2.75, 3.05) is 13.2 Å². The average molecular weight is 276 g/mol. The second-order valence-electron chi connectivity index (χ2n) is 6.38. The van der Waals surface area contributed by atoms with Crippen molar-refractivity contribution in [1.29, 1.82) is 0 Å². The Morgan fingerprint density at radius 1 is 1.30 bits per heavy atom. The van der Waals surface area contributed by atoms with Gasteiger partial charge in [-0.2, -0.15) is 0 Å². The Kier molecular flexibility index (Phi) is 3.69. The number of nitrogens with zero attached hydrogens (tertiary/aromatic N) is 1. The molecule has 1 saturated heterocycles. The van der Waals surface area contributed by atoms with Gasteiger partial charge in [-0.15, -0.1) is 0 Å². The molecule has 1 aromatic rings. The van der Waals surface area contributed by atoms with E-state index in [1.165, 1.54) is 12.8 Å². The van der Waals surface area contributed by atoms with Gasteiger partial charge in [0.2, 0.25) is 0 Å². The summed E-state index contributed by atoms with van der Waals surface area (Å²) in [6.07, 6.45) is 9.36. The van der Waals surface area contributed by atoms with Crippen LogP contribution in [0.4, 0.5) is 0 Å². The molecule has 1 spiro atoms. The maximum absolute atomic E-state index is 9.78. The number of aromatic hydroxyl groups is 1. The van der Waals surface area contributed by atoms with Gasteiger partial charge < -0.3 is 15.6 Å². The van der Waals surface area contributed by atoms with Gasteiger partial charge in [-0.05, 0) is 44.7 Å². The molecule has 1 aromatic heterocycles. The van der Waals surface area contributed by atoms with Crippen molar-refractivity contribution in [2.45, 2.75) is 56.0 Å². The lowest BCUT2D eigenvalue weighted by molar-refractivity contribution is -0.104. The predicted molar refractivity (Wildman–Crippen MR) is 77.6 cm³/mol. The molecule has 0 amide bonds. The van der Waals surface area contributed by atoms with E-state index in [1.807, 2.05) is 6.07 Å². The highest BCUT2D eigenvalue weighted by molar-refractivity contribution is 5.28. The zero-order valence-corrected chi connectivity index (χ0v) is 12.0. The molecule has 2 heterocycles. The Hall–Kier alpha value is -1.13. The molecule has 2 aliphatic rings. The lowest BCUT2D eigenvalue weighted by Crippen LogP contribution is -2.47. The number of pyridine rings is 1. The maximum Gasteiger partial charge on any atom is 0.118 e. The van der Waals surface area contributed by atoms with Crippen LogP contribution in [0.1, 0.15) is 50.6 Å². The first kappa shape index (κ1) is 13.8. The number of nitrogens with two attached hydrogens (primary N) is 1. The van der Waals surface area contributed by atoms with Gasteiger partial charge in [0.05, 0.1) is 11.3 Å². The van der Waals surface area contributed by atoms with Crippen molar-refractivity contribution in [3.63, 3.8) is 0 Å². The van der Waals surface area contributed by atoms with Gasteiger partial charge in [0.25, 0.3) is 0 Å². The van der Waals surface area contributed by atoms with E-state index >= 15 is 0 Å². The van der Waals surface area contributed by atoms with E-state index in [0.29, 0.717) is 12.3 Å². The third-order valence-corrected chi connectivity index (χ3v) is 5.07. The van der Waals surface area contributed by atoms with Crippen LogP contribution in [-0.4, -0.2) is 28.8 Å². The van der Waals surface area contributed by atoms with E-state index in [1.54, 1.807) is 12.3 Å². The SMILES string of the molecule is NCCC1(c2cc(O)ccn2)CCOC2(CCCC2)C1. The molecule has 1 atom stereocenters. The van der Waals surface area contributed by atoms with Crippen molar-refractivity contribution < 1.29 is 9.84 Å². The van der Waals surface area contributed by atoms with Crippen molar-refractivity contribution in [2.24, 2.45) is 5.73 Å². The Labute approximate surface area is 120 Å². The summed E-state index contributed by atoms with van der Waals surface area (Å²) < 4.78 is 6.15. The third kappa shape index (κ3) is 2.42. The van der Waals surface area contributed by atoms with Crippen LogP contribution in [0, 0.1) is 0 Å². The highest BCUT2D eigenvalue weighted by Gasteiger charge is 2.48. The summed E-state index contributed by atoms with van der Waals surface area (Å²) in [6, 6.07) is 3.44. The fraction of sp³-hybridized carbons (Fsp3) is 0.688. The van der Waals surface area contributed by atoms with Gasteiger partial charge in [0, 0.05) is 24.3 Å². The molecule has 3 N–H and O–H groups in total. The maximum atomic E-state index is 9.78. The number of rotatable bonds is 3. The minimum Gasteiger partial charge on any atom is -0.508 e. The van der Waals surface area contributed by atoms with Crippen LogP contribution < -0.4 is 5.73 Å². The van der Waals surface area contributed by atoms with Crippen LogP contribution in [0.15, 0.2) is 18.3 Å². The van der Waals surface area contributed by atoms with Crippen molar-refractivity contribution >= 4 is 0 Å². The zero-order chi connectivity index (χ0) is 14.1. The van der Waals surface area contributed by atoms with Gasteiger partial charge in [0.1, 0.15) is 5.75 Å². The first-order chi connectivity index (χ1) is 9.68. The Balaban J connectivity index is 1.94. The van der Waals surface area contributed by atoms with Crippen LogP contribution in [-0.2, 0) is 10.2 Å². The zero-order valence-electron chi connectivity index (χ0n) is 12.0. The molecule has 1 aliphatic carbocycles. The van der Waals surface area contributed by atoms with Crippen LogP contribution in [0.3, 0.4) is 0 Å². The Bertz CT molecular complexity index is 467. The van der Waals surface area contributed by atoms with Gasteiger partial charge >= 0.3 is 0 Å². The molecule has 1 saturated carbocycles. The predicted octanol–water partition coefficient (Wildman–Crippen LogP) is 2.50. The molecule has 0 bridgehead atoms. The first-order valence-corrected chi connectivity index (χ1v) is 7.68. The monoisotopic (exact) mass is 276 g/mol. The first-order valence-electron chi connectivity index (χ1n) is 7.68. The van der Waals surface area contributed by atoms with Gasteiger partial charge in [-0.25, -0.2) is 0 Å². The van der Waals surface area contributed by atoms with Gasteiger partial charge in [-0.1, -0.05) is 12.8 Å². The standard InChI is InChI=1S/C16H24N2O2/c17-8-6-15(14-11-13(19)3-9-18-14)7-10-20-16(12-15)4-1-2-5-16/h3,9,11H,1-2,4-8,10,12,17H2,(H,18,19). The number of ether oxygens (including phenoxy) is 1. The van der Waals surface area contributed by atoms with E-state index in [0.717, 1.165) is 44.4 Å². The Morgan fingerprint density at radius 3 is 2.80 bits per heavy atom. The summed E-state index contributed by atoms with van der Waals surface area (Å²) in [5, 5.41) is 9.78. The molecule has 3 rings (SSSR count). The summed E-state index contributed by atoms with van der Waals surface area (Å²) in [6.45, 7) is 1.42. The Morgan fingerprint density at radius 2 is 2.10 bits per heavy atom. The molecular formula is C16H24N2O2. The molecule has 110 valence electrons. The second-order valence-corrected chi connectivity index (χ2v) is 6.38. The summed E-state index contributed by atoms with van der Waals surface area (Å²) in [5.41, 5.74) is 6.86. The summed E-state index contributed by atoms with van der Waals surface area (Å²) in [5.74, 6) is 0.290. The van der Waals surface area contributed by atoms with E-state index in [9.17, 15) is 5.11 Å². The number of hydrogen-bond acceptors (Lipinski definition) is 4. The summed E-state index contributed by atoms with van der Waals surface area (Å²) in [7, 11) is 0. The van der Waals surface area contributed by atoms with Crippen molar-refractivity contribution in [1.82, 2.24) is 4.98 Å². The summed E-state index contributed by atoms with van der Waals surface area (Å²) in [4.78, 5) is 4.54. The normalized spacial score (nSPS) is 28.9. The smallest absolute Gasteiger partial charge is 0.118 e. The molecule has 0 aromatic carbocycles. The van der Waals surface area contributed by atoms with Crippen LogP contribution in [0.25, 0.3) is 0 Å². The van der Waals surface area contributed by atoms with Crippen LogP contribution in [0.2, 0.25) is 0 Å². The molecule has 0 radical (unpaired) electrons. The van der Waals surface area contributed by atoms with Gasteiger partial charge in [0.15, 0.2) is 0 Å². The fourth-order valence-corrected chi connectivity index (χ4v) is 4.11. The highest BCUT2D eigenvalue weighted by atomic mass is 16.5. The second kappa shape index (κ2) is 5.34. The molecule has 1 aliphatic heterocycles.